The van der Waals surface area contributed by atoms with Gasteiger partial charge in [0.2, 0.25) is 0 Å². The third-order valence-corrected chi connectivity index (χ3v) is 4.36. The van der Waals surface area contributed by atoms with Crippen LogP contribution in [0.5, 0.6) is 0 Å². The smallest absolute Gasteiger partial charge is 0.00958 e. The fourth-order valence-corrected chi connectivity index (χ4v) is 2.91. The summed E-state index contributed by atoms with van der Waals surface area (Å²) >= 11 is 0. The van der Waals surface area contributed by atoms with Crippen molar-refractivity contribution in [3.05, 3.63) is 19.1 Å². The molecule has 0 aliphatic heterocycles. The number of unbranched alkanes of at least 4 members (excludes halogenated alkanes) is 16. The Hall–Kier alpha value is -0.260. The number of hydrogen-bond donors (Lipinski definition) is 0. The molecule has 124 valence electrons. The summed E-state index contributed by atoms with van der Waals surface area (Å²) in [4.78, 5) is 0. The van der Waals surface area contributed by atoms with Crippen LogP contribution in [0.3, 0.4) is 0 Å². The van der Waals surface area contributed by atoms with E-state index in [2.05, 4.69) is 13.0 Å². The van der Waals surface area contributed by atoms with Gasteiger partial charge in [-0.15, -0.1) is 0 Å². The molecule has 0 fully saturated rings. The lowest BCUT2D eigenvalue weighted by Gasteiger charge is -2.03. The van der Waals surface area contributed by atoms with Crippen LogP contribution in [0.15, 0.2) is 12.2 Å². The van der Waals surface area contributed by atoms with Crippen molar-refractivity contribution in [2.45, 2.75) is 116 Å². The normalized spacial score (nSPS) is 11.5. The minimum absolute atomic E-state index is 1.16. The van der Waals surface area contributed by atoms with E-state index >= 15 is 0 Å². The summed E-state index contributed by atoms with van der Waals surface area (Å²) < 4.78 is 0. The van der Waals surface area contributed by atoms with E-state index in [0.717, 1.165) is 6.42 Å². The van der Waals surface area contributed by atoms with Gasteiger partial charge >= 0.3 is 0 Å². The molecule has 0 saturated heterocycles. The molecule has 0 aliphatic carbocycles. The second-order valence-electron chi connectivity index (χ2n) is 6.52. The van der Waals surface area contributed by atoms with Crippen molar-refractivity contribution in [3.8, 4) is 0 Å². The van der Waals surface area contributed by atoms with Gasteiger partial charge in [-0.25, -0.2) is 0 Å². The summed E-state index contributed by atoms with van der Waals surface area (Å²) in [6.45, 7) is 7.61. The van der Waals surface area contributed by atoms with Crippen molar-refractivity contribution in [2.24, 2.45) is 0 Å². The van der Waals surface area contributed by atoms with Gasteiger partial charge in [0.25, 0.3) is 0 Å². The molecule has 0 saturated carbocycles. The zero-order chi connectivity index (χ0) is 15.4. The molecule has 0 aliphatic rings. The Morgan fingerprint density at radius 1 is 0.524 bits per heavy atom. The summed E-state index contributed by atoms with van der Waals surface area (Å²) in [5.41, 5.74) is 0. The van der Waals surface area contributed by atoms with Crippen molar-refractivity contribution in [3.63, 3.8) is 0 Å². The minimum atomic E-state index is 1.16. The van der Waals surface area contributed by atoms with Gasteiger partial charge in [0.05, 0.1) is 0 Å². The highest BCUT2D eigenvalue weighted by molar-refractivity contribution is 4.83. The van der Waals surface area contributed by atoms with Gasteiger partial charge in [-0.1, -0.05) is 115 Å². The number of hydrogen-bond acceptors (Lipinski definition) is 0. The van der Waals surface area contributed by atoms with Gasteiger partial charge in [-0.2, -0.15) is 0 Å². The van der Waals surface area contributed by atoms with Crippen LogP contribution in [0.2, 0.25) is 0 Å². The molecule has 0 aromatic carbocycles. The molecule has 0 bridgehead atoms. The molecular formula is C21H40. The Labute approximate surface area is 135 Å². The van der Waals surface area contributed by atoms with E-state index in [1.54, 1.807) is 6.08 Å². The van der Waals surface area contributed by atoms with Crippen molar-refractivity contribution in [1.29, 1.82) is 0 Å². The molecule has 21 heavy (non-hydrogen) atoms. The van der Waals surface area contributed by atoms with E-state index in [4.69, 9.17) is 6.92 Å². The zero-order valence-electron chi connectivity index (χ0n) is 14.8. The van der Waals surface area contributed by atoms with E-state index in [0.29, 0.717) is 0 Å². The van der Waals surface area contributed by atoms with Crippen LogP contribution < -0.4 is 0 Å². The Morgan fingerprint density at radius 2 is 0.857 bits per heavy atom. The van der Waals surface area contributed by atoms with Crippen LogP contribution in [0.25, 0.3) is 0 Å². The van der Waals surface area contributed by atoms with E-state index < -0.39 is 0 Å². The van der Waals surface area contributed by atoms with Crippen LogP contribution in [0.1, 0.15) is 116 Å². The van der Waals surface area contributed by atoms with Crippen LogP contribution >= 0.6 is 0 Å². The summed E-state index contributed by atoms with van der Waals surface area (Å²) in [6.07, 6.45) is 27.9. The van der Waals surface area contributed by atoms with Gasteiger partial charge < -0.3 is 0 Å². The first-order valence-electron chi connectivity index (χ1n) is 9.78. The maximum atomic E-state index is 5.31. The van der Waals surface area contributed by atoms with E-state index in [1.807, 2.05) is 0 Å². The molecule has 0 atom stereocenters. The summed E-state index contributed by atoms with van der Waals surface area (Å²) in [6, 6.07) is 0. The molecule has 0 heteroatoms. The standard InChI is InChI=1S/C21H40/c1-3-5-7-9-11-13-15-17-19-21-20-18-16-14-12-10-8-6-4-2/h1,3,5H,4,6-21H2,2H3/b5-3+. The predicted molar refractivity (Wildman–Crippen MR) is 97.6 cm³/mol. The lowest BCUT2D eigenvalue weighted by Crippen LogP contribution is -1.83. The SMILES string of the molecule is [CH]/C=C/CCCCCCCCCCCCCCCCCC. The molecular weight excluding hydrogens is 252 g/mol. The van der Waals surface area contributed by atoms with E-state index in [1.165, 1.54) is 103 Å². The molecule has 0 amide bonds. The molecule has 0 aromatic heterocycles. The van der Waals surface area contributed by atoms with Gasteiger partial charge in [0.1, 0.15) is 0 Å². The molecule has 0 rings (SSSR count). The first-order chi connectivity index (χ1) is 10.4. The summed E-state index contributed by atoms with van der Waals surface area (Å²) in [5.74, 6) is 0. The van der Waals surface area contributed by atoms with Gasteiger partial charge in [0, 0.05) is 0 Å². The highest BCUT2D eigenvalue weighted by Crippen LogP contribution is 2.13. The van der Waals surface area contributed by atoms with Crippen LogP contribution in [-0.4, -0.2) is 0 Å². The predicted octanol–water partition coefficient (Wildman–Crippen LogP) is 7.91. The van der Waals surface area contributed by atoms with Gasteiger partial charge in [-0.3, -0.25) is 0 Å². The van der Waals surface area contributed by atoms with Crippen molar-refractivity contribution in [2.75, 3.05) is 0 Å². The Balaban J connectivity index is 2.93. The fraction of sp³-hybridized carbons (Fsp3) is 0.857. The Bertz CT molecular complexity index is 192. The minimum Gasteiger partial charge on any atom is -0.0882 e. The quantitative estimate of drug-likeness (QED) is 0.239. The Morgan fingerprint density at radius 3 is 1.19 bits per heavy atom. The monoisotopic (exact) mass is 292 g/mol. The molecule has 0 N–H and O–H groups in total. The maximum absolute atomic E-state index is 5.31. The molecule has 0 aromatic rings. The van der Waals surface area contributed by atoms with Crippen molar-refractivity contribution in [1.82, 2.24) is 0 Å². The number of rotatable bonds is 17. The van der Waals surface area contributed by atoms with Crippen LogP contribution in [-0.2, 0) is 0 Å². The lowest BCUT2D eigenvalue weighted by atomic mass is 10.0. The van der Waals surface area contributed by atoms with Gasteiger partial charge in [-0.05, 0) is 19.8 Å². The van der Waals surface area contributed by atoms with E-state index in [-0.39, 0.29) is 0 Å². The van der Waals surface area contributed by atoms with E-state index in [9.17, 15) is 0 Å². The lowest BCUT2D eigenvalue weighted by molar-refractivity contribution is 0.530. The first kappa shape index (κ1) is 20.7. The Kier molecular flexibility index (Phi) is 19.5. The van der Waals surface area contributed by atoms with Crippen LogP contribution in [0.4, 0.5) is 0 Å². The highest BCUT2D eigenvalue weighted by Gasteiger charge is 1.94. The molecule has 2 radical (unpaired) electrons. The largest absolute Gasteiger partial charge is 0.0882 e. The average molecular weight is 293 g/mol. The third kappa shape index (κ3) is 19.7. The summed E-state index contributed by atoms with van der Waals surface area (Å²) in [7, 11) is 0. The van der Waals surface area contributed by atoms with Gasteiger partial charge in [0.15, 0.2) is 0 Å². The van der Waals surface area contributed by atoms with Crippen LogP contribution in [0, 0.1) is 6.92 Å². The second kappa shape index (κ2) is 19.7. The fourth-order valence-electron chi connectivity index (χ4n) is 2.91. The van der Waals surface area contributed by atoms with Crippen molar-refractivity contribution >= 4 is 0 Å². The second-order valence-corrected chi connectivity index (χ2v) is 6.52. The first-order valence-corrected chi connectivity index (χ1v) is 9.78. The van der Waals surface area contributed by atoms with Crippen molar-refractivity contribution < 1.29 is 0 Å². The maximum Gasteiger partial charge on any atom is -0.00958 e. The summed E-state index contributed by atoms with van der Waals surface area (Å²) in [5, 5.41) is 0. The number of allylic oxidation sites excluding steroid dienone is 2. The molecule has 0 spiro atoms. The third-order valence-electron chi connectivity index (χ3n) is 4.36. The topological polar surface area (TPSA) is 0 Å². The average Bonchev–Trinajstić information content (AvgIpc) is 2.50. The molecule has 0 nitrogen and oxygen atoms in total. The highest BCUT2D eigenvalue weighted by atomic mass is 14.0. The molecule has 0 heterocycles. The molecule has 0 unspecified atom stereocenters. The zero-order valence-corrected chi connectivity index (χ0v) is 14.8.